The number of rotatable bonds is 7. The molecule has 0 aliphatic rings. The van der Waals surface area contributed by atoms with E-state index in [9.17, 15) is 14.0 Å². The Morgan fingerprint density at radius 2 is 1.62 bits per heavy atom. The lowest BCUT2D eigenvalue weighted by Gasteiger charge is -2.15. The number of benzene rings is 2. The van der Waals surface area contributed by atoms with Crippen molar-refractivity contribution in [2.75, 3.05) is 6.61 Å². The van der Waals surface area contributed by atoms with Crippen LogP contribution in [0.4, 0.5) is 4.39 Å². The van der Waals surface area contributed by atoms with Crippen LogP contribution in [0, 0.1) is 11.7 Å². The Labute approximate surface area is 153 Å². The second-order valence-electron chi connectivity index (χ2n) is 6.71. The zero-order chi connectivity index (χ0) is 19.1. The molecule has 0 fully saturated rings. The van der Waals surface area contributed by atoms with Crippen LogP contribution in [0.25, 0.3) is 0 Å². The van der Waals surface area contributed by atoms with Crippen LogP contribution in [0.1, 0.15) is 48.3 Å². The number of esters is 1. The van der Waals surface area contributed by atoms with E-state index >= 15 is 0 Å². The molecule has 0 saturated heterocycles. The highest BCUT2D eigenvalue weighted by Gasteiger charge is 2.13. The maximum absolute atomic E-state index is 12.8. The highest BCUT2D eigenvalue weighted by atomic mass is 19.1. The molecule has 5 heteroatoms. The largest absolute Gasteiger partial charge is 0.452 e. The molecule has 2 rings (SSSR count). The average molecular weight is 357 g/mol. The van der Waals surface area contributed by atoms with Crippen molar-refractivity contribution >= 4 is 11.9 Å². The summed E-state index contributed by atoms with van der Waals surface area (Å²) in [4.78, 5) is 23.8. The van der Waals surface area contributed by atoms with Crippen LogP contribution in [0.2, 0.25) is 0 Å². The first-order chi connectivity index (χ1) is 12.3. The fourth-order valence-corrected chi connectivity index (χ4v) is 2.58. The Balaban J connectivity index is 1.83. The lowest BCUT2D eigenvalue weighted by molar-refractivity contribution is -0.124. The molecule has 138 valence electrons. The summed E-state index contributed by atoms with van der Waals surface area (Å²) in [5, 5.41) is 2.80. The van der Waals surface area contributed by atoms with Crippen LogP contribution >= 0.6 is 0 Å². The van der Waals surface area contributed by atoms with E-state index in [4.69, 9.17) is 4.74 Å². The van der Waals surface area contributed by atoms with Gasteiger partial charge in [0.2, 0.25) is 0 Å². The van der Waals surface area contributed by atoms with Gasteiger partial charge in [-0.15, -0.1) is 0 Å². The summed E-state index contributed by atoms with van der Waals surface area (Å²) in [6.45, 7) is 5.83. The van der Waals surface area contributed by atoms with Crippen molar-refractivity contribution < 1.29 is 18.7 Å². The maximum atomic E-state index is 12.8. The Morgan fingerprint density at radius 3 is 2.19 bits per heavy atom. The Kier molecular flexibility index (Phi) is 6.89. The quantitative estimate of drug-likeness (QED) is 0.761. The Hall–Kier alpha value is -2.69. The van der Waals surface area contributed by atoms with E-state index in [1.807, 2.05) is 19.1 Å². The third kappa shape index (κ3) is 5.99. The number of hydrogen-bond acceptors (Lipinski definition) is 3. The number of amides is 1. The van der Waals surface area contributed by atoms with Gasteiger partial charge in [-0.05, 0) is 54.7 Å². The van der Waals surface area contributed by atoms with Crippen molar-refractivity contribution in [1.82, 2.24) is 5.32 Å². The predicted octanol–water partition coefficient (Wildman–Crippen LogP) is 4.06. The summed E-state index contributed by atoms with van der Waals surface area (Å²) in [6.07, 6.45) is 1.01. The number of nitrogens with one attached hydrogen (secondary N) is 1. The zero-order valence-corrected chi connectivity index (χ0v) is 15.3. The van der Waals surface area contributed by atoms with Crippen molar-refractivity contribution in [2.45, 2.75) is 33.2 Å². The molecule has 0 unspecified atom stereocenters. The number of carbonyl (C=O) groups is 2. The molecular formula is C21H24FNO3. The number of hydrogen-bond donors (Lipinski definition) is 1. The highest BCUT2D eigenvalue weighted by Crippen LogP contribution is 2.15. The molecule has 0 radical (unpaired) electrons. The standard InChI is InChI=1S/C21H24FNO3/c1-14(2)12-16-4-6-17(7-5-16)15(3)23-20(24)13-26-21(25)18-8-10-19(22)11-9-18/h4-11,14-15H,12-13H2,1-3H3,(H,23,24)/t15-/m1/s1. The lowest BCUT2D eigenvalue weighted by atomic mass is 10.00. The normalized spacial score (nSPS) is 11.9. The van der Waals surface area contributed by atoms with Gasteiger partial charge in [0.25, 0.3) is 5.91 Å². The smallest absolute Gasteiger partial charge is 0.338 e. The van der Waals surface area contributed by atoms with Crippen molar-refractivity contribution in [2.24, 2.45) is 5.92 Å². The van der Waals surface area contributed by atoms with Crippen molar-refractivity contribution in [3.8, 4) is 0 Å². The molecule has 0 saturated carbocycles. The highest BCUT2D eigenvalue weighted by molar-refractivity contribution is 5.91. The van der Waals surface area contributed by atoms with Crippen LogP contribution in [0.5, 0.6) is 0 Å². The molecule has 2 aromatic rings. The molecule has 0 aromatic heterocycles. The molecule has 1 N–H and O–H groups in total. The van der Waals surface area contributed by atoms with Crippen molar-refractivity contribution in [3.05, 3.63) is 71.0 Å². The molecular weight excluding hydrogens is 333 g/mol. The first kappa shape index (κ1) is 19.6. The van der Waals surface area contributed by atoms with E-state index in [1.54, 1.807) is 0 Å². The molecule has 0 aliphatic heterocycles. The fraction of sp³-hybridized carbons (Fsp3) is 0.333. The van der Waals surface area contributed by atoms with Gasteiger partial charge in [0.15, 0.2) is 6.61 Å². The van der Waals surface area contributed by atoms with E-state index in [-0.39, 0.29) is 24.1 Å². The second kappa shape index (κ2) is 9.13. The predicted molar refractivity (Wildman–Crippen MR) is 98.2 cm³/mol. The summed E-state index contributed by atoms with van der Waals surface area (Å²) in [5.41, 5.74) is 2.44. The van der Waals surface area contributed by atoms with Gasteiger partial charge in [-0.25, -0.2) is 9.18 Å². The van der Waals surface area contributed by atoms with Gasteiger partial charge in [-0.3, -0.25) is 4.79 Å². The minimum Gasteiger partial charge on any atom is -0.452 e. The van der Waals surface area contributed by atoms with Crippen LogP contribution in [0.3, 0.4) is 0 Å². The van der Waals surface area contributed by atoms with Gasteiger partial charge in [-0.1, -0.05) is 38.1 Å². The van der Waals surface area contributed by atoms with Gasteiger partial charge in [-0.2, -0.15) is 0 Å². The molecule has 2 aromatic carbocycles. The number of carbonyl (C=O) groups excluding carboxylic acids is 2. The minimum absolute atomic E-state index is 0.194. The van der Waals surface area contributed by atoms with E-state index < -0.39 is 11.8 Å². The number of ether oxygens (including phenoxy) is 1. The Bertz CT molecular complexity index is 739. The average Bonchev–Trinajstić information content (AvgIpc) is 2.60. The minimum atomic E-state index is -0.661. The van der Waals surface area contributed by atoms with Gasteiger partial charge < -0.3 is 10.1 Å². The molecule has 0 heterocycles. The molecule has 26 heavy (non-hydrogen) atoms. The van der Waals surface area contributed by atoms with Crippen LogP contribution in [-0.4, -0.2) is 18.5 Å². The van der Waals surface area contributed by atoms with Gasteiger partial charge in [0, 0.05) is 0 Å². The van der Waals surface area contributed by atoms with Gasteiger partial charge >= 0.3 is 5.97 Å². The fourth-order valence-electron chi connectivity index (χ4n) is 2.58. The number of halogens is 1. The molecule has 0 bridgehead atoms. The second-order valence-corrected chi connectivity index (χ2v) is 6.71. The molecule has 0 spiro atoms. The molecule has 1 amide bonds. The zero-order valence-electron chi connectivity index (χ0n) is 15.3. The lowest BCUT2D eigenvalue weighted by Crippen LogP contribution is -2.31. The summed E-state index contributed by atoms with van der Waals surface area (Å²) in [6, 6.07) is 12.9. The van der Waals surface area contributed by atoms with Crippen LogP contribution in [-0.2, 0) is 16.0 Å². The van der Waals surface area contributed by atoms with E-state index in [1.165, 1.54) is 29.8 Å². The van der Waals surface area contributed by atoms with E-state index in [0.717, 1.165) is 12.0 Å². The van der Waals surface area contributed by atoms with E-state index in [2.05, 4.69) is 31.3 Å². The first-order valence-corrected chi connectivity index (χ1v) is 8.66. The Morgan fingerprint density at radius 1 is 1.00 bits per heavy atom. The van der Waals surface area contributed by atoms with Crippen LogP contribution in [0.15, 0.2) is 48.5 Å². The maximum Gasteiger partial charge on any atom is 0.338 e. The van der Waals surface area contributed by atoms with Gasteiger partial charge in [0.1, 0.15) is 5.82 Å². The topological polar surface area (TPSA) is 55.4 Å². The summed E-state index contributed by atoms with van der Waals surface area (Å²) in [7, 11) is 0. The monoisotopic (exact) mass is 357 g/mol. The summed E-state index contributed by atoms with van der Waals surface area (Å²) < 4.78 is 17.8. The molecule has 1 atom stereocenters. The molecule has 0 aliphatic carbocycles. The van der Waals surface area contributed by atoms with Crippen molar-refractivity contribution in [3.63, 3.8) is 0 Å². The van der Waals surface area contributed by atoms with Crippen molar-refractivity contribution in [1.29, 1.82) is 0 Å². The molecule has 4 nitrogen and oxygen atoms in total. The SMILES string of the molecule is CC(C)Cc1ccc([C@@H](C)NC(=O)COC(=O)c2ccc(F)cc2)cc1. The summed E-state index contributed by atoms with van der Waals surface area (Å²) >= 11 is 0. The first-order valence-electron chi connectivity index (χ1n) is 8.66. The third-order valence-electron chi connectivity index (χ3n) is 3.92. The third-order valence-corrected chi connectivity index (χ3v) is 3.92. The summed E-state index contributed by atoms with van der Waals surface area (Å²) in [5.74, 6) is -0.897. The van der Waals surface area contributed by atoms with Crippen LogP contribution < -0.4 is 5.32 Å². The van der Waals surface area contributed by atoms with Gasteiger partial charge in [0.05, 0.1) is 11.6 Å². The van der Waals surface area contributed by atoms with E-state index in [0.29, 0.717) is 5.92 Å².